The van der Waals surface area contributed by atoms with Crippen molar-refractivity contribution in [3.63, 3.8) is 0 Å². The van der Waals surface area contributed by atoms with Crippen molar-refractivity contribution >= 4 is 11.9 Å². The fourth-order valence-corrected chi connectivity index (χ4v) is 1.35. The van der Waals surface area contributed by atoms with E-state index in [0.29, 0.717) is 0 Å². The molecule has 0 saturated heterocycles. The Balaban J connectivity index is 2.56. The highest BCUT2D eigenvalue weighted by Crippen LogP contribution is 2.06. The van der Waals surface area contributed by atoms with Crippen LogP contribution in [0.25, 0.3) is 0 Å². The number of hydrogen-bond donors (Lipinski definition) is 1. The summed E-state index contributed by atoms with van der Waals surface area (Å²) in [6, 6.07) is 9.40. The van der Waals surface area contributed by atoms with Crippen molar-refractivity contribution in [2.75, 3.05) is 7.11 Å². The van der Waals surface area contributed by atoms with Crippen molar-refractivity contribution in [1.82, 2.24) is 0 Å². The van der Waals surface area contributed by atoms with Gasteiger partial charge in [-0.25, -0.2) is 0 Å². The van der Waals surface area contributed by atoms with E-state index >= 15 is 0 Å². The summed E-state index contributed by atoms with van der Waals surface area (Å²) in [5.41, 5.74) is 0.870. The molecule has 0 spiro atoms. The molecular formula is C15H14O4. The Labute approximate surface area is 111 Å². The maximum Gasteiger partial charge on any atom is 0.320 e. The van der Waals surface area contributed by atoms with Crippen LogP contribution in [0, 0.1) is 17.8 Å². The summed E-state index contributed by atoms with van der Waals surface area (Å²) in [7, 11) is 1.16. The number of aliphatic carboxylic acids is 1. The van der Waals surface area contributed by atoms with Gasteiger partial charge in [0.15, 0.2) is 5.92 Å². The largest absolute Gasteiger partial charge is 0.481 e. The number of methoxy groups -OCH3 is 1. The van der Waals surface area contributed by atoms with Gasteiger partial charge in [-0.15, -0.1) is 0 Å². The van der Waals surface area contributed by atoms with E-state index in [-0.39, 0.29) is 6.42 Å². The number of carboxylic acid groups (broad SMARTS) is 1. The van der Waals surface area contributed by atoms with Gasteiger partial charge in [-0.3, -0.25) is 9.59 Å². The van der Waals surface area contributed by atoms with Crippen molar-refractivity contribution in [2.45, 2.75) is 6.42 Å². The summed E-state index contributed by atoms with van der Waals surface area (Å²) in [4.78, 5) is 22.0. The SMILES string of the molecule is COC(=O)C(C/C=C/C#Cc1ccccc1)C(=O)O. The second kappa shape index (κ2) is 7.72. The number of hydrogen-bond acceptors (Lipinski definition) is 3. The van der Waals surface area contributed by atoms with Crippen LogP contribution in [0.4, 0.5) is 0 Å². The van der Waals surface area contributed by atoms with E-state index in [1.54, 1.807) is 6.08 Å². The summed E-state index contributed by atoms with van der Waals surface area (Å²) in [6.07, 6.45) is 3.14. The van der Waals surface area contributed by atoms with Crippen molar-refractivity contribution in [2.24, 2.45) is 5.92 Å². The molecule has 0 heterocycles. The topological polar surface area (TPSA) is 63.6 Å². The highest BCUT2D eigenvalue weighted by Gasteiger charge is 2.25. The van der Waals surface area contributed by atoms with E-state index in [1.165, 1.54) is 6.08 Å². The summed E-state index contributed by atoms with van der Waals surface area (Å²) >= 11 is 0. The third kappa shape index (κ3) is 5.09. The fourth-order valence-electron chi connectivity index (χ4n) is 1.35. The Kier molecular flexibility index (Phi) is 5.90. The number of benzene rings is 1. The number of carbonyl (C=O) groups is 2. The zero-order valence-corrected chi connectivity index (χ0v) is 10.5. The van der Waals surface area contributed by atoms with E-state index in [4.69, 9.17) is 5.11 Å². The molecule has 0 radical (unpaired) electrons. The quantitative estimate of drug-likeness (QED) is 0.508. The Bertz CT molecular complexity index is 520. The summed E-state index contributed by atoms with van der Waals surface area (Å²) in [5.74, 6) is 2.53. The molecule has 0 aliphatic heterocycles. The predicted molar refractivity (Wildman–Crippen MR) is 70.2 cm³/mol. The van der Waals surface area contributed by atoms with Crippen molar-refractivity contribution in [3.05, 3.63) is 48.0 Å². The molecule has 4 heteroatoms. The molecule has 1 rings (SSSR count). The van der Waals surface area contributed by atoms with Gasteiger partial charge in [0.25, 0.3) is 0 Å². The molecule has 1 atom stereocenters. The number of ether oxygens (including phenoxy) is 1. The summed E-state index contributed by atoms with van der Waals surface area (Å²) in [5, 5.41) is 8.84. The molecule has 0 aliphatic rings. The molecule has 19 heavy (non-hydrogen) atoms. The lowest BCUT2D eigenvalue weighted by Crippen LogP contribution is -2.24. The Morgan fingerprint density at radius 3 is 2.63 bits per heavy atom. The first-order valence-corrected chi connectivity index (χ1v) is 5.67. The molecule has 98 valence electrons. The van der Waals surface area contributed by atoms with Crippen LogP contribution < -0.4 is 0 Å². The van der Waals surface area contributed by atoms with Crippen LogP contribution in [0.2, 0.25) is 0 Å². The Hall–Kier alpha value is -2.54. The molecule has 0 aromatic heterocycles. The molecule has 1 N–H and O–H groups in total. The van der Waals surface area contributed by atoms with E-state index in [2.05, 4.69) is 16.6 Å². The van der Waals surface area contributed by atoms with Crippen LogP contribution in [0.5, 0.6) is 0 Å². The van der Waals surface area contributed by atoms with E-state index in [9.17, 15) is 9.59 Å². The normalized spacial score (nSPS) is 11.4. The molecule has 0 bridgehead atoms. The minimum Gasteiger partial charge on any atom is -0.481 e. The van der Waals surface area contributed by atoms with E-state index in [0.717, 1.165) is 12.7 Å². The van der Waals surface area contributed by atoms with Gasteiger partial charge in [-0.1, -0.05) is 36.1 Å². The molecule has 4 nitrogen and oxygen atoms in total. The highest BCUT2D eigenvalue weighted by atomic mass is 16.5. The Morgan fingerprint density at radius 1 is 1.37 bits per heavy atom. The first-order chi connectivity index (χ1) is 9.15. The van der Waals surface area contributed by atoms with E-state index in [1.807, 2.05) is 30.3 Å². The van der Waals surface area contributed by atoms with Gasteiger partial charge in [0.1, 0.15) is 0 Å². The van der Waals surface area contributed by atoms with E-state index < -0.39 is 17.9 Å². The van der Waals surface area contributed by atoms with Crippen molar-refractivity contribution < 1.29 is 19.4 Å². The summed E-state index contributed by atoms with van der Waals surface area (Å²) in [6.45, 7) is 0. The summed E-state index contributed by atoms with van der Waals surface area (Å²) < 4.78 is 4.41. The monoisotopic (exact) mass is 258 g/mol. The number of carbonyl (C=O) groups excluding carboxylic acids is 1. The van der Waals surface area contributed by atoms with Gasteiger partial charge >= 0.3 is 11.9 Å². The zero-order valence-electron chi connectivity index (χ0n) is 10.5. The third-order valence-electron chi connectivity index (χ3n) is 2.35. The number of carboxylic acids is 1. The van der Waals surface area contributed by atoms with Gasteiger partial charge in [-0.05, 0) is 24.6 Å². The van der Waals surface area contributed by atoms with Crippen LogP contribution in [0.1, 0.15) is 12.0 Å². The molecule has 0 fully saturated rings. The zero-order chi connectivity index (χ0) is 14.1. The standard InChI is InChI=1S/C15H14O4/c1-19-15(18)13(14(16)17)11-7-3-6-10-12-8-4-2-5-9-12/h2-5,7-9,13H,11H2,1H3,(H,16,17)/b7-3+. The minimum atomic E-state index is -1.20. The van der Waals surface area contributed by atoms with Crippen molar-refractivity contribution in [1.29, 1.82) is 0 Å². The predicted octanol–water partition coefficient (Wildman–Crippen LogP) is 1.86. The van der Waals surface area contributed by atoms with Crippen LogP contribution in [0.3, 0.4) is 0 Å². The molecule has 1 aromatic carbocycles. The smallest absolute Gasteiger partial charge is 0.320 e. The van der Waals surface area contributed by atoms with Gasteiger partial charge in [0, 0.05) is 5.56 Å². The molecule has 0 amide bonds. The van der Waals surface area contributed by atoms with Crippen LogP contribution in [0.15, 0.2) is 42.5 Å². The molecule has 1 unspecified atom stereocenters. The second-order valence-electron chi connectivity index (χ2n) is 3.69. The average Bonchev–Trinajstić information content (AvgIpc) is 2.42. The lowest BCUT2D eigenvalue weighted by atomic mass is 10.1. The van der Waals surface area contributed by atoms with Crippen molar-refractivity contribution in [3.8, 4) is 11.8 Å². The Morgan fingerprint density at radius 2 is 2.05 bits per heavy atom. The first kappa shape index (κ1) is 14.5. The van der Waals surface area contributed by atoms with Gasteiger partial charge < -0.3 is 9.84 Å². The highest BCUT2D eigenvalue weighted by molar-refractivity contribution is 5.94. The molecule has 0 aliphatic carbocycles. The fraction of sp³-hybridized carbons (Fsp3) is 0.200. The van der Waals surface area contributed by atoms with Crippen LogP contribution in [-0.2, 0) is 14.3 Å². The molecule has 0 saturated carbocycles. The minimum absolute atomic E-state index is 0.0610. The average molecular weight is 258 g/mol. The van der Waals surface area contributed by atoms with Crippen LogP contribution in [-0.4, -0.2) is 24.2 Å². The number of allylic oxidation sites excluding steroid dienone is 2. The molecule has 1 aromatic rings. The maximum atomic E-state index is 11.2. The first-order valence-electron chi connectivity index (χ1n) is 5.67. The maximum absolute atomic E-state index is 11.2. The second-order valence-corrected chi connectivity index (χ2v) is 3.69. The third-order valence-corrected chi connectivity index (χ3v) is 2.35. The molecular weight excluding hydrogens is 244 g/mol. The lowest BCUT2D eigenvalue weighted by Gasteiger charge is -2.05. The van der Waals surface area contributed by atoms with Gasteiger partial charge in [0.2, 0.25) is 0 Å². The van der Waals surface area contributed by atoms with Gasteiger partial charge in [0.05, 0.1) is 7.11 Å². The number of rotatable bonds is 4. The van der Waals surface area contributed by atoms with Crippen LogP contribution >= 0.6 is 0 Å². The lowest BCUT2D eigenvalue weighted by molar-refractivity contribution is -0.156. The number of esters is 1. The van der Waals surface area contributed by atoms with Gasteiger partial charge in [-0.2, -0.15) is 0 Å².